The van der Waals surface area contributed by atoms with Crippen LogP contribution in [0.15, 0.2) is 18.7 Å². The average molecular weight is 278 g/mol. The van der Waals surface area contributed by atoms with Crippen LogP contribution in [0.1, 0.15) is 40.5 Å². The molecular weight excluding hydrogens is 248 g/mol. The first kappa shape index (κ1) is 15.5. The van der Waals surface area contributed by atoms with Crippen molar-refractivity contribution in [3.05, 3.63) is 18.7 Å². The minimum absolute atomic E-state index is 0.256. The monoisotopic (exact) mass is 278 g/mol. The first-order valence-electron chi connectivity index (χ1n) is 7.93. The van der Waals surface area contributed by atoms with E-state index in [0.29, 0.717) is 12.1 Å². The summed E-state index contributed by atoms with van der Waals surface area (Å²) < 4.78 is 2.18. The SMILES string of the molecule is CCN1CCC(NC(Cn2ccnc2)C(C)(C)C)CC1. The van der Waals surface area contributed by atoms with Gasteiger partial charge >= 0.3 is 0 Å². The van der Waals surface area contributed by atoms with Crippen LogP contribution in [0, 0.1) is 5.41 Å². The minimum Gasteiger partial charge on any atom is -0.336 e. The van der Waals surface area contributed by atoms with Crippen LogP contribution in [0.4, 0.5) is 0 Å². The van der Waals surface area contributed by atoms with E-state index in [9.17, 15) is 0 Å². The number of aromatic nitrogens is 2. The highest BCUT2D eigenvalue weighted by atomic mass is 15.1. The minimum atomic E-state index is 0.256. The number of nitrogens with one attached hydrogen (secondary N) is 1. The van der Waals surface area contributed by atoms with Gasteiger partial charge < -0.3 is 14.8 Å². The summed E-state index contributed by atoms with van der Waals surface area (Å²) >= 11 is 0. The van der Waals surface area contributed by atoms with Crippen molar-refractivity contribution in [3.63, 3.8) is 0 Å². The van der Waals surface area contributed by atoms with Gasteiger partial charge in [0.05, 0.1) is 6.33 Å². The Labute approximate surface area is 123 Å². The summed E-state index contributed by atoms with van der Waals surface area (Å²) in [6.07, 6.45) is 8.37. The van der Waals surface area contributed by atoms with Crippen LogP contribution in [0.25, 0.3) is 0 Å². The molecule has 1 N–H and O–H groups in total. The van der Waals surface area contributed by atoms with Gasteiger partial charge in [0.15, 0.2) is 0 Å². The highest BCUT2D eigenvalue weighted by Gasteiger charge is 2.28. The molecule has 114 valence electrons. The molecular formula is C16H30N4. The molecule has 0 spiro atoms. The van der Waals surface area contributed by atoms with Gasteiger partial charge in [-0.25, -0.2) is 4.98 Å². The van der Waals surface area contributed by atoms with Gasteiger partial charge in [-0.2, -0.15) is 0 Å². The summed E-state index contributed by atoms with van der Waals surface area (Å²) in [6.45, 7) is 13.9. The van der Waals surface area contributed by atoms with Crippen LogP contribution in [-0.4, -0.2) is 46.2 Å². The van der Waals surface area contributed by atoms with Crippen LogP contribution in [0.3, 0.4) is 0 Å². The second-order valence-corrected chi connectivity index (χ2v) is 7.05. The van der Waals surface area contributed by atoms with Crippen molar-refractivity contribution in [2.45, 2.75) is 59.2 Å². The topological polar surface area (TPSA) is 33.1 Å². The van der Waals surface area contributed by atoms with E-state index in [2.05, 4.69) is 53.7 Å². The van der Waals surface area contributed by atoms with E-state index >= 15 is 0 Å². The molecule has 20 heavy (non-hydrogen) atoms. The number of hydrogen-bond acceptors (Lipinski definition) is 3. The lowest BCUT2D eigenvalue weighted by Gasteiger charge is -2.38. The molecule has 0 amide bonds. The predicted molar refractivity (Wildman–Crippen MR) is 83.7 cm³/mol. The lowest BCUT2D eigenvalue weighted by Crippen LogP contribution is -2.51. The van der Waals surface area contributed by atoms with Gasteiger partial charge in [0, 0.05) is 31.0 Å². The Hall–Kier alpha value is -0.870. The standard InChI is InChI=1S/C16H30N4/c1-5-19-9-6-14(7-10-19)18-15(16(2,3)4)12-20-11-8-17-13-20/h8,11,13-15,18H,5-7,9-10,12H2,1-4H3. The number of rotatable bonds is 5. The molecule has 1 aromatic heterocycles. The van der Waals surface area contributed by atoms with E-state index in [0.717, 1.165) is 6.54 Å². The molecule has 0 radical (unpaired) electrons. The third kappa shape index (κ3) is 4.32. The van der Waals surface area contributed by atoms with Crippen molar-refractivity contribution in [1.29, 1.82) is 0 Å². The van der Waals surface area contributed by atoms with E-state index in [1.54, 1.807) is 0 Å². The quantitative estimate of drug-likeness (QED) is 0.897. The van der Waals surface area contributed by atoms with Gasteiger partial charge in [-0.1, -0.05) is 27.7 Å². The van der Waals surface area contributed by atoms with Gasteiger partial charge in [-0.05, 0) is 37.9 Å². The highest BCUT2D eigenvalue weighted by molar-refractivity contribution is 4.88. The number of piperidine rings is 1. The summed E-state index contributed by atoms with van der Waals surface area (Å²) in [4.78, 5) is 6.70. The van der Waals surface area contributed by atoms with Crippen LogP contribution >= 0.6 is 0 Å². The van der Waals surface area contributed by atoms with Gasteiger partial charge in [-0.3, -0.25) is 0 Å². The summed E-state index contributed by atoms with van der Waals surface area (Å²) in [5.74, 6) is 0. The Kier molecular flexibility index (Phi) is 5.22. The van der Waals surface area contributed by atoms with Gasteiger partial charge in [0.2, 0.25) is 0 Å². The Bertz CT molecular complexity index is 372. The molecule has 0 aliphatic carbocycles. The van der Waals surface area contributed by atoms with Crippen molar-refractivity contribution >= 4 is 0 Å². The van der Waals surface area contributed by atoms with Gasteiger partial charge in [0.25, 0.3) is 0 Å². The second-order valence-electron chi connectivity index (χ2n) is 7.05. The molecule has 0 aromatic carbocycles. The van der Waals surface area contributed by atoms with Crippen LogP contribution < -0.4 is 5.32 Å². The highest BCUT2D eigenvalue weighted by Crippen LogP contribution is 2.23. The number of hydrogen-bond donors (Lipinski definition) is 1. The van der Waals surface area contributed by atoms with Gasteiger partial charge in [-0.15, -0.1) is 0 Å². The number of nitrogens with zero attached hydrogens (tertiary/aromatic N) is 3. The van der Waals surface area contributed by atoms with Gasteiger partial charge in [0.1, 0.15) is 0 Å². The molecule has 1 saturated heterocycles. The zero-order chi connectivity index (χ0) is 14.6. The average Bonchev–Trinajstić information content (AvgIpc) is 2.91. The maximum absolute atomic E-state index is 4.15. The molecule has 2 rings (SSSR count). The zero-order valence-corrected chi connectivity index (χ0v) is 13.5. The molecule has 1 fully saturated rings. The van der Waals surface area contributed by atoms with Crippen LogP contribution in [0.2, 0.25) is 0 Å². The Morgan fingerprint density at radius 2 is 2.00 bits per heavy atom. The van der Waals surface area contributed by atoms with Crippen LogP contribution in [0.5, 0.6) is 0 Å². The van der Waals surface area contributed by atoms with E-state index in [1.165, 1.54) is 32.5 Å². The summed E-state index contributed by atoms with van der Waals surface area (Å²) in [7, 11) is 0. The lowest BCUT2D eigenvalue weighted by atomic mass is 9.85. The molecule has 1 aliphatic rings. The van der Waals surface area contributed by atoms with Crippen molar-refractivity contribution in [3.8, 4) is 0 Å². The first-order valence-corrected chi connectivity index (χ1v) is 7.93. The summed E-state index contributed by atoms with van der Waals surface area (Å²) in [5.41, 5.74) is 0.256. The number of imidazole rings is 1. The molecule has 2 heterocycles. The molecule has 0 bridgehead atoms. The summed E-state index contributed by atoms with van der Waals surface area (Å²) in [6, 6.07) is 1.14. The summed E-state index contributed by atoms with van der Waals surface area (Å²) in [5, 5.41) is 3.90. The predicted octanol–water partition coefficient (Wildman–Crippen LogP) is 2.37. The van der Waals surface area contributed by atoms with E-state index in [1.807, 2.05) is 12.5 Å². The van der Waals surface area contributed by atoms with Crippen molar-refractivity contribution in [2.24, 2.45) is 5.41 Å². The fourth-order valence-corrected chi connectivity index (χ4v) is 2.88. The Balaban J connectivity index is 1.91. The first-order chi connectivity index (χ1) is 9.49. The second kappa shape index (κ2) is 6.72. The smallest absolute Gasteiger partial charge is 0.0946 e. The maximum atomic E-state index is 4.15. The molecule has 1 unspecified atom stereocenters. The van der Waals surface area contributed by atoms with E-state index < -0.39 is 0 Å². The molecule has 0 saturated carbocycles. The zero-order valence-electron chi connectivity index (χ0n) is 13.5. The molecule has 4 heteroatoms. The molecule has 1 atom stereocenters. The van der Waals surface area contributed by atoms with Crippen molar-refractivity contribution in [2.75, 3.05) is 19.6 Å². The fraction of sp³-hybridized carbons (Fsp3) is 0.812. The molecule has 1 aromatic rings. The maximum Gasteiger partial charge on any atom is 0.0946 e. The van der Waals surface area contributed by atoms with E-state index in [4.69, 9.17) is 0 Å². The largest absolute Gasteiger partial charge is 0.336 e. The third-order valence-electron chi connectivity index (χ3n) is 4.47. The normalized spacial score (nSPS) is 20.2. The third-order valence-corrected chi connectivity index (χ3v) is 4.47. The van der Waals surface area contributed by atoms with E-state index in [-0.39, 0.29) is 5.41 Å². The van der Waals surface area contributed by atoms with Crippen molar-refractivity contribution < 1.29 is 0 Å². The van der Waals surface area contributed by atoms with Crippen LogP contribution in [-0.2, 0) is 6.54 Å². The van der Waals surface area contributed by atoms with Crippen molar-refractivity contribution in [1.82, 2.24) is 19.8 Å². The number of likely N-dealkylation sites (tertiary alicyclic amines) is 1. The lowest BCUT2D eigenvalue weighted by molar-refractivity contribution is 0.162. The fourth-order valence-electron chi connectivity index (χ4n) is 2.88. The Morgan fingerprint density at radius 3 is 2.50 bits per heavy atom. The molecule has 1 aliphatic heterocycles. The Morgan fingerprint density at radius 1 is 1.30 bits per heavy atom. The molecule has 4 nitrogen and oxygen atoms in total.